The fourth-order valence-corrected chi connectivity index (χ4v) is 3.66. The number of carbonyl (C=O) groups is 2. The summed E-state index contributed by atoms with van der Waals surface area (Å²) in [6.07, 6.45) is 4.89. The highest BCUT2D eigenvalue weighted by Crippen LogP contribution is 2.34. The molecule has 0 spiro atoms. The highest BCUT2D eigenvalue weighted by atomic mass is 17.2. The molecule has 0 saturated heterocycles. The average molecular weight is 411 g/mol. The van der Waals surface area contributed by atoms with Crippen molar-refractivity contribution in [3.63, 3.8) is 0 Å². The van der Waals surface area contributed by atoms with Gasteiger partial charge in [0.2, 0.25) is 0 Å². The van der Waals surface area contributed by atoms with Crippen molar-refractivity contribution in [3.05, 3.63) is 71.8 Å². The summed E-state index contributed by atoms with van der Waals surface area (Å²) in [5, 5.41) is 0. The Balaban J connectivity index is 2.19. The van der Waals surface area contributed by atoms with Gasteiger partial charge in [-0.15, -0.1) is 0 Å². The van der Waals surface area contributed by atoms with Crippen LogP contribution < -0.4 is 0 Å². The molecule has 162 valence electrons. The summed E-state index contributed by atoms with van der Waals surface area (Å²) in [6, 6.07) is 19.1. The molecule has 0 aromatic heterocycles. The molecule has 0 heterocycles. The summed E-state index contributed by atoms with van der Waals surface area (Å²) < 4.78 is 0. The molecule has 4 nitrogen and oxygen atoms in total. The van der Waals surface area contributed by atoms with Gasteiger partial charge >= 0.3 is 11.9 Å². The Bertz CT molecular complexity index is 733. The molecule has 0 N–H and O–H groups in total. The standard InChI is InChI=1S/C26H34O4/c1-5-7-19-25(3,21-15-11-9-12-16-21)23(27)29-30-24(28)26(4,20-8-6-2)22-17-13-10-14-18-22/h9-18H,5-8,19-20H2,1-4H3. The minimum Gasteiger partial charge on any atom is -0.246 e. The van der Waals surface area contributed by atoms with Crippen LogP contribution in [0.4, 0.5) is 0 Å². The van der Waals surface area contributed by atoms with E-state index in [0.29, 0.717) is 12.8 Å². The molecular weight excluding hydrogens is 376 g/mol. The lowest BCUT2D eigenvalue weighted by Gasteiger charge is -2.29. The number of rotatable bonds is 10. The fraction of sp³-hybridized carbons (Fsp3) is 0.462. The van der Waals surface area contributed by atoms with E-state index < -0.39 is 22.8 Å². The quantitative estimate of drug-likeness (QED) is 0.341. The SMILES string of the molecule is CCCCC(C)(C(=O)OOC(=O)C(C)(CCCC)c1ccccc1)c1ccccc1. The van der Waals surface area contributed by atoms with Crippen LogP contribution in [0.1, 0.15) is 77.3 Å². The second kappa shape index (κ2) is 11.0. The normalized spacial score (nSPS) is 14.9. The largest absolute Gasteiger partial charge is 0.365 e. The van der Waals surface area contributed by atoms with Crippen molar-refractivity contribution in [3.8, 4) is 0 Å². The molecule has 2 rings (SSSR count). The Labute approximate surface area is 180 Å². The predicted octanol–water partition coefficient (Wildman–Crippen LogP) is 6.28. The van der Waals surface area contributed by atoms with E-state index >= 15 is 0 Å². The maximum Gasteiger partial charge on any atom is 0.365 e. The number of unbranched alkanes of at least 4 members (excludes halogenated alkanes) is 2. The smallest absolute Gasteiger partial charge is 0.246 e. The first-order chi connectivity index (χ1) is 14.4. The van der Waals surface area contributed by atoms with Crippen LogP contribution in [-0.4, -0.2) is 11.9 Å². The first-order valence-corrected chi connectivity index (χ1v) is 10.9. The summed E-state index contributed by atoms with van der Waals surface area (Å²) >= 11 is 0. The van der Waals surface area contributed by atoms with Gasteiger partial charge < -0.3 is 0 Å². The van der Waals surface area contributed by atoms with E-state index in [-0.39, 0.29) is 0 Å². The monoisotopic (exact) mass is 410 g/mol. The van der Waals surface area contributed by atoms with Crippen LogP contribution in [0.15, 0.2) is 60.7 Å². The zero-order valence-corrected chi connectivity index (χ0v) is 18.6. The molecule has 2 aromatic rings. The molecule has 0 bridgehead atoms. The predicted molar refractivity (Wildman–Crippen MR) is 119 cm³/mol. The minimum absolute atomic E-state index is 0.540. The van der Waals surface area contributed by atoms with Crippen molar-refractivity contribution in [1.29, 1.82) is 0 Å². The van der Waals surface area contributed by atoms with Crippen LogP contribution in [0, 0.1) is 0 Å². The maximum atomic E-state index is 13.1. The van der Waals surface area contributed by atoms with E-state index in [1.807, 2.05) is 74.5 Å². The van der Waals surface area contributed by atoms with E-state index in [1.54, 1.807) is 0 Å². The van der Waals surface area contributed by atoms with Crippen molar-refractivity contribution >= 4 is 11.9 Å². The van der Waals surface area contributed by atoms with Crippen molar-refractivity contribution in [1.82, 2.24) is 0 Å². The van der Waals surface area contributed by atoms with Crippen molar-refractivity contribution < 1.29 is 19.4 Å². The van der Waals surface area contributed by atoms with Gasteiger partial charge in [-0.1, -0.05) is 100 Å². The molecule has 30 heavy (non-hydrogen) atoms. The molecule has 0 radical (unpaired) electrons. The average Bonchev–Trinajstić information content (AvgIpc) is 2.80. The van der Waals surface area contributed by atoms with Crippen molar-refractivity contribution in [2.24, 2.45) is 0 Å². The molecule has 0 aliphatic rings. The van der Waals surface area contributed by atoms with Crippen molar-refractivity contribution in [2.45, 2.75) is 77.0 Å². The number of carbonyl (C=O) groups excluding carboxylic acids is 2. The lowest BCUT2D eigenvalue weighted by molar-refractivity contribution is -0.267. The summed E-state index contributed by atoms with van der Waals surface area (Å²) in [5.74, 6) is -1.08. The van der Waals surface area contributed by atoms with E-state index in [2.05, 4.69) is 13.8 Å². The Hall–Kier alpha value is -2.62. The second-order valence-electron chi connectivity index (χ2n) is 8.34. The highest BCUT2D eigenvalue weighted by Gasteiger charge is 2.41. The molecule has 2 unspecified atom stereocenters. The van der Waals surface area contributed by atoms with E-state index in [9.17, 15) is 9.59 Å². The third-order valence-corrected chi connectivity index (χ3v) is 5.98. The molecule has 0 saturated carbocycles. The second-order valence-corrected chi connectivity index (χ2v) is 8.34. The summed E-state index contributed by atoms with van der Waals surface area (Å²) in [5.41, 5.74) is -0.0265. The van der Waals surface area contributed by atoms with E-state index in [1.165, 1.54) is 0 Å². The summed E-state index contributed by atoms with van der Waals surface area (Å²) in [4.78, 5) is 36.5. The lowest BCUT2D eigenvalue weighted by atomic mass is 9.78. The maximum absolute atomic E-state index is 13.1. The molecule has 0 amide bonds. The third kappa shape index (κ3) is 5.50. The third-order valence-electron chi connectivity index (χ3n) is 5.98. The number of benzene rings is 2. The van der Waals surface area contributed by atoms with Crippen LogP contribution in [0.2, 0.25) is 0 Å². The fourth-order valence-electron chi connectivity index (χ4n) is 3.66. The topological polar surface area (TPSA) is 52.6 Å². The van der Waals surface area contributed by atoms with Gasteiger partial charge in [0, 0.05) is 0 Å². The van der Waals surface area contributed by atoms with Gasteiger partial charge in [0.05, 0.1) is 10.8 Å². The van der Waals surface area contributed by atoms with Crippen molar-refractivity contribution in [2.75, 3.05) is 0 Å². The van der Waals surface area contributed by atoms with Gasteiger partial charge in [0.15, 0.2) is 0 Å². The Kier molecular flexibility index (Phi) is 8.64. The van der Waals surface area contributed by atoms with Crippen LogP contribution in [-0.2, 0) is 30.2 Å². The molecule has 4 heteroatoms. The minimum atomic E-state index is -0.871. The van der Waals surface area contributed by atoms with E-state index in [4.69, 9.17) is 9.78 Å². The Morgan fingerprint density at radius 1 is 0.667 bits per heavy atom. The van der Waals surface area contributed by atoms with Crippen LogP contribution >= 0.6 is 0 Å². The summed E-state index contributed by atoms with van der Waals surface area (Å²) in [6.45, 7) is 7.86. The Morgan fingerprint density at radius 3 is 1.30 bits per heavy atom. The van der Waals surface area contributed by atoms with Gasteiger partial charge in [-0.2, -0.15) is 0 Å². The molecule has 0 fully saturated rings. The van der Waals surface area contributed by atoms with Gasteiger partial charge in [-0.05, 0) is 37.8 Å². The number of hydrogen-bond acceptors (Lipinski definition) is 4. The van der Waals surface area contributed by atoms with Crippen LogP contribution in [0.25, 0.3) is 0 Å². The first kappa shape index (κ1) is 23.7. The van der Waals surface area contributed by atoms with Gasteiger partial charge in [-0.3, -0.25) is 0 Å². The molecule has 0 aliphatic carbocycles. The summed E-state index contributed by atoms with van der Waals surface area (Å²) in [7, 11) is 0. The van der Waals surface area contributed by atoms with Gasteiger partial charge in [0.25, 0.3) is 0 Å². The van der Waals surface area contributed by atoms with Gasteiger partial charge in [-0.25, -0.2) is 19.4 Å². The molecular formula is C26H34O4. The zero-order chi connectivity index (χ0) is 22.0. The lowest BCUT2D eigenvalue weighted by Crippen LogP contribution is -2.39. The van der Waals surface area contributed by atoms with Gasteiger partial charge in [0.1, 0.15) is 0 Å². The molecule has 2 atom stereocenters. The van der Waals surface area contributed by atoms with Crippen LogP contribution in [0.5, 0.6) is 0 Å². The van der Waals surface area contributed by atoms with Crippen LogP contribution in [0.3, 0.4) is 0 Å². The van der Waals surface area contributed by atoms with E-state index in [0.717, 1.165) is 36.8 Å². The highest BCUT2D eigenvalue weighted by molar-refractivity contribution is 5.85. The number of hydrogen-bond donors (Lipinski definition) is 0. The first-order valence-electron chi connectivity index (χ1n) is 10.9. The zero-order valence-electron chi connectivity index (χ0n) is 18.6. The molecule has 0 aliphatic heterocycles. The molecule has 2 aromatic carbocycles. The Morgan fingerprint density at radius 2 is 1.00 bits per heavy atom.